The van der Waals surface area contributed by atoms with Crippen molar-refractivity contribution in [2.45, 2.75) is 39.3 Å². The molecule has 3 N–H and O–H groups in total. The first-order valence-electron chi connectivity index (χ1n) is 6.26. The predicted octanol–water partition coefficient (Wildman–Crippen LogP) is 1.21. The van der Waals surface area contributed by atoms with E-state index in [1.165, 1.54) is 0 Å². The van der Waals surface area contributed by atoms with Crippen LogP contribution in [0.3, 0.4) is 0 Å². The zero-order valence-corrected chi connectivity index (χ0v) is 10.8. The van der Waals surface area contributed by atoms with Crippen LogP contribution in [-0.4, -0.2) is 42.0 Å². The molecule has 0 aliphatic carbocycles. The largest absolute Gasteiger partial charge is 0.380 e. The van der Waals surface area contributed by atoms with E-state index in [9.17, 15) is 0 Å². The molecule has 0 amide bonds. The molecule has 5 nitrogen and oxygen atoms in total. The predicted molar refractivity (Wildman–Crippen MR) is 68.4 cm³/mol. The van der Waals surface area contributed by atoms with Crippen LogP contribution in [0.2, 0.25) is 0 Å². The molecule has 2 atom stereocenters. The number of rotatable bonds is 4. The highest BCUT2D eigenvalue weighted by atomic mass is 16.5. The molecule has 0 radical (unpaired) electrons. The monoisotopic (exact) mass is 238 g/mol. The van der Waals surface area contributed by atoms with Crippen LogP contribution in [0.25, 0.3) is 0 Å². The van der Waals surface area contributed by atoms with Gasteiger partial charge in [-0.05, 0) is 27.2 Å². The molecule has 0 spiro atoms. The van der Waals surface area contributed by atoms with Crippen LogP contribution in [0.1, 0.15) is 24.7 Å². The Morgan fingerprint density at radius 1 is 1.53 bits per heavy atom. The van der Waals surface area contributed by atoms with Gasteiger partial charge in [0, 0.05) is 18.6 Å². The van der Waals surface area contributed by atoms with E-state index in [0.717, 1.165) is 43.3 Å². The SMILES string of the molecule is Cc1n[nH]c(C)c1NC(C)CC1COCCN1. The van der Waals surface area contributed by atoms with Gasteiger partial charge in [0.25, 0.3) is 0 Å². The summed E-state index contributed by atoms with van der Waals surface area (Å²) in [5, 5.41) is 14.2. The molecule has 0 aromatic carbocycles. The minimum atomic E-state index is 0.407. The fraction of sp³-hybridized carbons (Fsp3) is 0.750. The van der Waals surface area contributed by atoms with Gasteiger partial charge >= 0.3 is 0 Å². The second-order valence-corrected chi connectivity index (χ2v) is 4.82. The molecule has 1 saturated heterocycles. The van der Waals surface area contributed by atoms with E-state index in [1.807, 2.05) is 13.8 Å². The smallest absolute Gasteiger partial charge is 0.0825 e. The first-order chi connectivity index (χ1) is 8.16. The summed E-state index contributed by atoms with van der Waals surface area (Å²) in [4.78, 5) is 0. The Morgan fingerprint density at radius 2 is 2.35 bits per heavy atom. The molecule has 0 bridgehead atoms. The Balaban J connectivity index is 1.86. The van der Waals surface area contributed by atoms with Crippen molar-refractivity contribution in [3.63, 3.8) is 0 Å². The quantitative estimate of drug-likeness (QED) is 0.738. The first kappa shape index (κ1) is 12.4. The molecule has 1 aromatic rings. The van der Waals surface area contributed by atoms with Crippen LogP contribution in [-0.2, 0) is 4.74 Å². The Kier molecular flexibility index (Phi) is 4.02. The molecule has 1 aromatic heterocycles. The molecule has 0 saturated carbocycles. The average Bonchev–Trinajstić information content (AvgIpc) is 2.62. The number of morpholine rings is 1. The summed E-state index contributed by atoms with van der Waals surface area (Å²) >= 11 is 0. The van der Waals surface area contributed by atoms with E-state index in [1.54, 1.807) is 0 Å². The molecule has 1 fully saturated rings. The van der Waals surface area contributed by atoms with Crippen molar-refractivity contribution < 1.29 is 4.74 Å². The van der Waals surface area contributed by atoms with Crippen LogP contribution in [0.15, 0.2) is 0 Å². The number of nitrogens with zero attached hydrogens (tertiary/aromatic N) is 1. The number of nitrogens with one attached hydrogen (secondary N) is 3. The minimum absolute atomic E-state index is 0.407. The summed E-state index contributed by atoms with van der Waals surface area (Å²) in [6.07, 6.45) is 1.06. The average molecular weight is 238 g/mol. The van der Waals surface area contributed by atoms with Gasteiger partial charge in [-0.2, -0.15) is 5.10 Å². The third-order valence-corrected chi connectivity index (χ3v) is 3.16. The van der Waals surface area contributed by atoms with Gasteiger partial charge in [-0.25, -0.2) is 0 Å². The van der Waals surface area contributed by atoms with Crippen molar-refractivity contribution in [1.29, 1.82) is 0 Å². The number of ether oxygens (including phenoxy) is 1. The molecule has 2 rings (SSSR count). The Hall–Kier alpha value is -1.07. The number of aromatic amines is 1. The van der Waals surface area contributed by atoms with Gasteiger partial charge in [0.15, 0.2) is 0 Å². The summed E-state index contributed by atoms with van der Waals surface area (Å²) in [5.41, 5.74) is 3.26. The van der Waals surface area contributed by atoms with Gasteiger partial charge in [0.05, 0.1) is 30.3 Å². The Labute approximate surface area is 102 Å². The number of H-pyrrole nitrogens is 1. The van der Waals surface area contributed by atoms with Gasteiger partial charge in [-0.1, -0.05) is 0 Å². The second kappa shape index (κ2) is 5.51. The minimum Gasteiger partial charge on any atom is -0.380 e. The van der Waals surface area contributed by atoms with Gasteiger partial charge < -0.3 is 15.4 Å². The van der Waals surface area contributed by atoms with E-state index < -0.39 is 0 Å². The van der Waals surface area contributed by atoms with Gasteiger partial charge in [0.2, 0.25) is 0 Å². The van der Waals surface area contributed by atoms with Crippen LogP contribution < -0.4 is 10.6 Å². The maximum atomic E-state index is 5.46. The molecule has 1 aliphatic rings. The van der Waals surface area contributed by atoms with Crippen LogP contribution in [0.5, 0.6) is 0 Å². The zero-order valence-electron chi connectivity index (χ0n) is 10.8. The Morgan fingerprint density at radius 3 is 2.94 bits per heavy atom. The lowest BCUT2D eigenvalue weighted by Gasteiger charge is -2.27. The lowest BCUT2D eigenvalue weighted by molar-refractivity contribution is 0.0731. The van der Waals surface area contributed by atoms with Gasteiger partial charge in [0.1, 0.15) is 0 Å². The summed E-state index contributed by atoms with van der Waals surface area (Å²) in [6.45, 7) is 8.86. The fourth-order valence-electron chi connectivity index (χ4n) is 2.27. The molecular weight excluding hydrogens is 216 g/mol. The summed E-state index contributed by atoms with van der Waals surface area (Å²) in [7, 11) is 0. The van der Waals surface area contributed by atoms with Crippen molar-refractivity contribution in [3.8, 4) is 0 Å². The van der Waals surface area contributed by atoms with Crippen molar-refractivity contribution >= 4 is 5.69 Å². The molecule has 2 unspecified atom stereocenters. The van der Waals surface area contributed by atoms with Crippen molar-refractivity contribution in [3.05, 3.63) is 11.4 Å². The van der Waals surface area contributed by atoms with E-state index in [-0.39, 0.29) is 0 Å². The second-order valence-electron chi connectivity index (χ2n) is 4.82. The maximum Gasteiger partial charge on any atom is 0.0825 e. The van der Waals surface area contributed by atoms with Crippen LogP contribution in [0.4, 0.5) is 5.69 Å². The fourth-order valence-corrected chi connectivity index (χ4v) is 2.27. The van der Waals surface area contributed by atoms with Gasteiger partial charge in [-0.3, -0.25) is 5.10 Å². The van der Waals surface area contributed by atoms with E-state index >= 15 is 0 Å². The maximum absolute atomic E-state index is 5.46. The number of aryl methyl sites for hydroxylation is 2. The summed E-state index contributed by atoms with van der Waals surface area (Å²) < 4.78 is 5.46. The van der Waals surface area contributed by atoms with Crippen molar-refractivity contribution in [2.75, 3.05) is 25.1 Å². The lowest BCUT2D eigenvalue weighted by Crippen LogP contribution is -2.43. The summed E-state index contributed by atoms with van der Waals surface area (Å²) in [5.74, 6) is 0. The third-order valence-electron chi connectivity index (χ3n) is 3.16. The van der Waals surface area contributed by atoms with Crippen molar-refractivity contribution in [1.82, 2.24) is 15.5 Å². The topological polar surface area (TPSA) is 62.0 Å². The molecule has 1 aliphatic heterocycles. The number of anilines is 1. The first-order valence-corrected chi connectivity index (χ1v) is 6.26. The highest BCUT2D eigenvalue weighted by Crippen LogP contribution is 2.18. The summed E-state index contributed by atoms with van der Waals surface area (Å²) in [6, 6.07) is 0.864. The molecular formula is C12H22N4O. The molecule has 2 heterocycles. The number of aromatic nitrogens is 2. The number of hydrogen-bond donors (Lipinski definition) is 3. The number of hydrogen-bond acceptors (Lipinski definition) is 4. The van der Waals surface area contributed by atoms with Gasteiger partial charge in [-0.15, -0.1) is 0 Å². The zero-order chi connectivity index (χ0) is 12.3. The Bertz CT molecular complexity index is 338. The third kappa shape index (κ3) is 3.20. The highest BCUT2D eigenvalue weighted by Gasteiger charge is 2.17. The normalized spacial score (nSPS) is 22.4. The lowest BCUT2D eigenvalue weighted by atomic mass is 10.1. The van der Waals surface area contributed by atoms with E-state index in [4.69, 9.17) is 4.74 Å². The standard InChI is InChI=1S/C12H22N4O/c1-8(6-11-7-17-5-4-13-11)14-12-9(2)15-16-10(12)3/h8,11,13-14H,4-7H2,1-3H3,(H,15,16). The molecule has 5 heteroatoms. The van der Waals surface area contributed by atoms with Crippen LogP contribution in [0, 0.1) is 13.8 Å². The van der Waals surface area contributed by atoms with E-state index in [2.05, 4.69) is 27.8 Å². The van der Waals surface area contributed by atoms with Crippen molar-refractivity contribution in [2.24, 2.45) is 0 Å². The molecule has 17 heavy (non-hydrogen) atoms. The van der Waals surface area contributed by atoms with Crippen LogP contribution >= 0.6 is 0 Å². The highest BCUT2D eigenvalue weighted by molar-refractivity contribution is 5.51. The van der Waals surface area contributed by atoms with E-state index in [0.29, 0.717) is 12.1 Å². The molecule has 96 valence electrons.